The summed E-state index contributed by atoms with van der Waals surface area (Å²) in [6, 6.07) is 4.86. The van der Waals surface area contributed by atoms with Crippen molar-refractivity contribution in [3.05, 3.63) is 70.6 Å². The van der Waals surface area contributed by atoms with Gasteiger partial charge in [0.25, 0.3) is 17.5 Å². The molecule has 0 atom stereocenters. The van der Waals surface area contributed by atoms with Crippen molar-refractivity contribution in [2.24, 2.45) is 0 Å². The van der Waals surface area contributed by atoms with E-state index in [-0.39, 0.29) is 21.5 Å². The number of nitro benzene ring substituents is 2. The number of amides is 4. The van der Waals surface area contributed by atoms with Gasteiger partial charge in [0, 0.05) is 16.1 Å². The summed E-state index contributed by atoms with van der Waals surface area (Å²) < 4.78 is 6.44. The Morgan fingerprint density at radius 2 is 1.58 bits per heavy atom. The second-order valence-electron chi connectivity index (χ2n) is 5.87. The van der Waals surface area contributed by atoms with Gasteiger partial charge in [0.1, 0.15) is 11.3 Å². The number of non-ortho nitro benzene ring substituents is 1. The third-order valence-corrected chi connectivity index (χ3v) is 4.89. The van der Waals surface area contributed by atoms with Crippen LogP contribution >= 0.6 is 31.9 Å². The van der Waals surface area contributed by atoms with E-state index < -0.39 is 44.6 Å². The fraction of sp³-hybridized carbons (Fsp3) is 0. The van der Waals surface area contributed by atoms with Crippen molar-refractivity contribution in [1.29, 1.82) is 0 Å². The molecule has 158 valence electrons. The number of benzene rings is 2. The van der Waals surface area contributed by atoms with E-state index in [1.165, 1.54) is 6.07 Å². The zero-order valence-corrected chi connectivity index (χ0v) is 18.1. The smallest absolute Gasteiger partial charge is 0.328 e. The Hall–Kier alpha value is -3.65. The molecule has 1 fully saturated rings. The Balaban J connectivity index is 2.12. The molecular weight excluding hydrogens is 548 g/mol. The molecule has 1 aliphatic heterocycles. The summed E-state index contributed by atoms with van der Waals surface area (Å²) in [7, 11) is 0. The van der Waals surface area contributed by atoms with Crippen LogP contribution in [0.2, 0.25) is 0 Å². The van der Waals surface area contributed by atoms with Crippen molar-refractivity contribution < 1.29 is 29.0 Å². The Morgan fingerprint density at radius 1 is 0.935 bits per heavy atom. The van der Waals surface area contributed by atoms with E-state index in [0.717, 1.165) is 24.3 Å². The van der Waals surface area contributed by atoms with Gasteiger partial charge < -0.3 is 4.74 Å². The molecule has 0 aliphatic carbocycles. The highest BCUT2D eigenvalue weighted by Crippen LogP contribution is 2.41. The predicted octanol–water partition coefficient (Wildman–Crippen LogP) is 3.57. The van der Waals surface area contributed by atoms with Crippen LogP contribution in [-0.2, 0) is 9.59 Å². The number of hydrogen-bond acceptors (Lipinski definition) is 8. The minimum atomic E-state index is -0.972. The predicted molar refractivity (Wildman–Crippen MR) is 111 cm³/mol. The molecule has 2 N–H and O–H groups in total. The molecule has 1 heterocycles. The topological polar surface area (TPSA) is 171 Å². The van der Waals surface area contributed by atoms with Gasteiger partial charge in [0.05, 0.1) is 20.4 Å². The molecule has 2 aromatic carbocycles. The van der Waals surface area contributed by atoms with E-state index >= 15 is 0 Å². The molecule has 31 heavy (non-hydrogen) atoms. The molecule has 0 bridgehead atoms. The molecule has 1 saturated heterocycles. The van der Waals surface area contributed by atoms with Gasteiger partial charge in [-0.05, 0) is 40.2 Å². The van der Waals surface area contributed by atoms with E-state index in [4.69, 9.17) is 4.74 Å². The monoisotopic (exact) mass is 554 g/mol. The Labute approximate surface area is 188 Å². The van der Waals surface area contributed by atoms with Crippen molar-refractivity contribution in [3.63, 3.8) is 0 Å². The van der Waals surface area contributed by atoms with Gasteiger partial charge >= 0.3 is 11.7 Å². The molecule has 0 saturated carbocycles. The van der Waals surface area contributed by atoms with Crippen LogP contribution in [0.25, 0.3) is 6.08 Å². The number of barbiturate groups is 1. The second-order valence-corrected chi connectivity index (χ2v) is 7.64. The van der Waals surface area contributed by atoms with Gasteiger partial charge in [0.2, 0.25) is 5.75 Å². The second kappa shape index (κ2) is 8.61. The lowest BCUT2D eigenvalue weighted by atomic mass is 10.1. The van der Waals surface area contributed by atoms with Crippen LogP contribution in [0.5, 0.6) is 11.5 Å². The van der Waals surface area contributed by atoms with Crippen molar-refractivity contribution in [2.45, 2.75) is 0 Å². The summed E-state index contributed by atoms with van der Waals surface area (Å²) in [5.74, 6) is -2.23. The van der Waals surface area contributed by atoms with Crippen LogP contribution in [0.1, 0.15) is 5.56 Å². The Morgan fingerprint density at radius 3 is 2.16 bits per heavy atom. The Kier molecular flexibility index (Phi) is 6.12. The number of rotatable bonds is 5. The van der Waals surface area contributed by atoms with Gasteiger partial charge in [-0.3, -0.25) is 40.5 Å². The fourth-order valence-electron chi connectivity index (χ4n) is 2.52. The van der Waals surface area contributed by atoms with Crippen LogP contribution in [0.3, 0.4) is 0 Å². The highest BCUT2D eigenvalue weighted by Gasteiger charge is 2.29. The number of carbonyl (C=O) groups excluding carboxylic acids is 3. The standard InChI is InChI=1S/C17H8Br2N4O8/c18-8-3-7(4-10-15(24)20-17(26)21-16(10)25)14(11(19)5-8)31-13-2-1-9(22(27)28)6-12(13)23(29)30/h1-6H,(H2,20,21,24,25,26). The lowest BCUT2D eigenvalue weighted by molar-refractivity contribution is -0.394. The highest BCUT2D eigenvalue weighted by molar-refractivity contribution is 9.11. The average molecular weight is 556 g/mol. The van der Waals surface area contributed by atoms with Crippen LogP contribution in [0.4, 0.5) is 16.2 Å². The maximum atomic E-state index is 12.0. The van der Waals surface area contributed by atoms with Crippen molar-refractivity contribution in [3.8, 4) is 11.5 Å². The van der Waals surface area contributed by atoms with E-state index in [9.17, 15) is 34.6 Å². The molecule has 4 amide bonds. The normalized spacial score (nSPS) is 13.4. The third-order valence-electron chi connectivity index (χ3n) is 3.84. The number of carbonyl (C=O) groups is 3. The maximum Gasteiger partial charge on any atom is 0.328 e. The maximum absolute atomic E-state index is 12.0. The number of urea groups is 1. The highest BCUT2D eigenvalue weighted by atomic mass is 79.9. The first kappa shape index (κ1) is 22.0. The zero-order chi connectivity index (χ0) is 22.9. The number of imide groups is 2. The number of ether oxygens (including phenoxy) is 1. The third kappa shape index (κ3) is 4.75. The SMILES string of the molecule is O=C1NC(=O)C(=Cc2cc(Br)cc(Br)c2Oc2ccc([N+](=O)[O-])cc2[N+](=O)[O-])C(=O)N1. The molecule has 14 heteroatoms. The van der Waals surface area contributed by atoms with Crippen LogP contribution in [0, 0.1) is 20.2 Å². The van der Waals surface area contributed by atoms with Crippen LogP contribution in [0.15, 0.2) is 44.9 Å². The minimum absolute atomic E-state index is 0.0230. The van der Waals surface area contributed by atoms with Gasteiger partial charge in [-0.25, -0.2) is 4.79 Å². The molecule has 2 aromatic rings. The zero-order valence-electron chi connectivity index (χ0n) is 14.9. The number of nitro groups is 2. The number of hydrogen-bond donors (Lipinski definition) is 2. The summed E-state index contributed by atoms with van der Waals surface area (Å²) in [6.07, 6.45) is 1.12. The van der Waals surface area contributed by atoms with Gasteiger partial charge in [0.15, 0.2) is 0 Å². The lowest BCUT2D eigenvalue weighted by Crippen LogP contribution is -2.51. The summed E-state index contributed by atoms with van der Waals surface area (Å²) in [4.78, 5) is 55.9. The molecule has 0 spiro atoms. The van der Waals surface area contributed by atoms with E-state index in [0.29, 0.717) is 4.47 Å². The van der Waals surface area contributed by atoms with Crippen LogP contribution in [-0.4, -0.2) is 27.7 Å². The molecule has 1 aliphatic rings. The summed E-state index contributed by atoms with van der Waals surface area (Å²) in [5.41, 5.74) is -1.44. The molecule has 3 rings (SSSR count). The first-order valence-corrected chi connectivity index (χ1v) is 9.63. The molecule has 0 radical (unpaired) electrons. The molecule has 0 unspecified atom stereocenters. The van der Waals surface area contributed by atoms with E-state index in [2.05, 4.69) is 31.9 Å². The van der Waals surface area contributed by atoms with Crippen molar-refractivity contribution >= 4 is 67.2 Å². The molecular formula is C17H8Br2N4O8. The van der Waals surface area contributed by atoms with Crippen molar-refractivity contribution in [1.82, 2.24) is 10.6 Å². The summed E-state index contributed by atoms with van der Waals surface area (Å²) in [5, 5.41) is 26.1. The number of nitrogens with zero attached hydrogens (tertiary/aromatic N) is 2. The minimum Gasteiger partial charge on any atom is -0.448 e. The van der Waals surface area contributed by atoms with E-state index in [1.807, 2.05) is 10.6 Å². The van der Waals surface area contributed by atoms with Gasteiger partial charge in [-0.1, -0.05) is 15.9 Å². The largest absolute Gasteiger partial charge is 0.448 e. The van der Waals surface area contributed by atoms with Crippen LogP contribution < -0.4 is 15.4 Å². The summed E-state index contributed by atoms with van der Waals surface area (Å²) >= 11 is 6.49. The first-order valence-electron chi connectivity index (χ1n) is 8.05. The average Bonchev–Trinajstić information content (AvgIpc) is 2.66. The lowest BCUT2D eigenvalue weighted by Gasteiger charge is -2.16. The molecule has 0 aromatic heterocycles. The van der Waals surface area contributed by atoms with Gasteiger partial charge in [-0.15, -0.1) is 0 Å². The quantitative estimate of drug-likeness (QED) is 0.244. The Bertz CT molecular complexity index is 1190. The van der Waals surface area contributed by atoms with Gasteiger partial charge in [-0.2, -0.15) is 0 Å². The molecule has 12 nitrogen and oxygen atoms in total. The number of halogens is 2. The number of nitrogens with one attached hydrogen (secondary N) is 2. The fourth-order valence-corrected chi connectivity index (χ4v) is 3.85. The summed E-state index contributed by atoms with van der Waals surface area (Å²) in [6.45, 7) is 0. The first-order chi connectivity index (χ1) is 14.6. The van der Waals surface area contributed by atoms with Crippen molar-refractivity contribution in [2.75, 3.05) is 0 Å². The van der Waals surface area contributed by atoms with E-state index in [1.54, 1.807) is 6.07 Å².